The van der Waals surface area contributed by atoms with Crippen LogP contribution >= 0.6 is 0 Å². The molecule has 26 heavy (non-hydrogen) atoms. The van der Waals surface area contributed by atoms with Crippen LogP contribution in [0.3, 0.4) is 0 Å². The number of hydrogen-bond donors (Lipinski definition) is 2. The molecule has 0 saturated carbocycles. The summed E-state index contributed by atoms with van der Waals surface area (Å²) in [5.74, 6) is 0.162. The molecule has 0 radical (unpaired) electrons. The van der Waals surface area contributed by atoms with E-state index < -0.39 is 0 Å². The van der Waals surface area contributed by atoms with Crippen LogP contribution in [0.1, 0.15) is 16.1 Å². The Morgan fingerprint density at radius 2 is 2.00 bits per heavy atom. The van der Waals surface area contributed by atoms with Gasteiger partial charge in [-0.3, -0.25) is 9.59 Å². The van der Waals surface area contributed by atoms with Crippen LogP contribution in [0.15, 0.2) is 54.7 Å². The van der Waals surface area contributed by atoms with Crippen molar-refractivity contribution in [1.82, 2.24) is 20.2 Å². The molecule has 2 N–H and O–H groups in total. The molecule has 0 aliphatic heterocycles. The molecule has 0 saturated heterocycles. The smallest absolute Gasteiger partial charge is 0.272 e. The second-order valence-electron chi connectivity index (χ2n) is 5.73. The van der Waals surface area contributed by atoms with Crippen molar-refractivity contribution in [1.29, 1.82) is 0 Å². The molecule has 0 spiro atoms. The average molecular weight is 352 g/mol. The van der Waals surface area contributed by atoms with Crippen LogP contribution in [0.2, 0.25) is 0 Å². The number of methoxy groups -OCH3 is 1. The van der Waals surface area contributed by atoms with E-state index >= 15 is 0 Å². The van der Waals surface area contributed by atoms with Gasteiger partial charge in [-0.15, -0.1) is 0 Å². The number of fused-ring (bicyclic) bond motifs is 1. The predicted molar refractivity (Wildman–Crippen MR) is 97.2 cm³/mol. The monoisotopic (exact) mass is 352 g/mol. The predicted octanol–water partition coefficient (Wildman–Crippen LogP) is 1.43. The van der Waals surface area contributed by atoms with Crippen molar-refractivity contribution in [3.63, 3.8) is 0 Å². The Morgan fingerprint density at radius 3 is 2.81 bits per heavy atom. The molecule has 0 atom stereocenters. The lowest BCUT2D eigenvalue weighted by Gasteiger charge is -2.07. The number of amides is 2. The molecule has 3 aromatic rings. The van der Waals surface area contributed by atoms with Crippen LogP contribution in [0.5, 0.6) is 5.75 Å². The van der Waals surface area contributed by atoms with Gasteiger partial charge in [-0.25, -0.2) is 4.52 Å². The Labute approximate surface area is 151 Å². The molecular formula is C19H20N4O3. The Kier molecular flexibility index (Phi) is 5.48. The summed E-state index contributed by atoms with van der Waals surface area (Å²) in [6, 6.07) is 14.9. The summed E-state index contributed by atoms with van der Waals surface area (Å²) >= 11 is 0. The van der Waals surface area contributed by atoms with Gasteiger partial charge >= 0.3 is 0 Å². The number of carbonyl (C=O) groups excluding carboxylic acids is 2. The molecule has 7 nitrogen and oxygen atoms in total. The Hall–Kier alpha value is -3.35. The molecule has 134 valence electrons. The zero-order chi connectivity index (χ0) is 18.4. The van der Waals surface area contributed by atoms with Crippen LogP contribution in [0.25, 0.3) is 5.52 Å². The van der Waals surface area contributed by atoms with Crippen LogP contribution in [0.4, 0.5) is 0 Å². The number of hydrogen-bond acceptors (Lipinski definition) is 4. The molecule has 0 aliphatic rings. The van der Waals surface area contributed by atoms with Crippen molar-refractivity contribution in [2.75, 3.05) is 20.2 Å². The first-order valence-corrected chi connectivity index (χ1v) is 8.28. The Morgan fingerprint density at radius 1 is 1.12 bits per heavy atom. The normalized spacial score (nSPS) is 10.5. The van der Waals surface area contributed by atoms with E-state index in [4.69, 9.17) is 4.74 Å². The van der Waals surface area contributed by atoms with Gasteiger partial charge in [-0.2, -0.15) is 5.10 Å². The molecule has 0 unspecified atom stereocenters. The number of pyridine rings is 1. The first-order chi connectivity index (χ1) is 12.7. The summed E-state index contributed by atoms with van der Waals surface area (Å²) in [5.41, 5.74) is 2.17. The van der Waals surface area contributed by atoms with Crippen LogP contribution in [0, 0.1) is 0 Å². The van der Waals surface area contributed by atoms with E-state index in [1.807, 2.05) is 42.5 Å². The highest BCUT2D eigenvalue weighted by molar-refractivity contribution is 5.95. The number of aromatic nitrogens is 2. The minimum atomic E-state index is -0.378. The second-order valence-corrected chi connectivity index (χ2v) is 5.73. The lowest BCUT2D eigenvalue weighted by Crippen LogP contribution is -2.37. The summed E-state index contributed by atoms with van der Waals surface area (Å²) in [4.78, 5) is 24.0. The van der Waals surface area contributed by atoms with Crippen molar-refractivity contribution < 1.29 is 14.3 Å². The lowest BCUT2D eigenvalue weighted by atomic mass is 10.1. The fourth-order valence-corrected chi connectivity index (χ4v) is 2.54. The molecule has 3 rings (SSSR count). The number of benzene rings is 1. The fourth-order valence-electron chi connectivity index (χ4n) is 2.54. The highest BCUT2D eigenvalue weighted by atomic mass is 16.5. The van der Waals surface area contributed by atoms with Crippen molar-refractivity contribution in [2.24, 2.45) is 0 Å². The molecule has 2 heterocycles. The van der Waals surface area contributed by atoms with Gasteiger partial charge in [0.15, 0.2) is 5.69 Å². The van der Waals surface area contributed by atoms with Gasteiger partial charge in [0.2, 0.25) is 5.91 Å². The molecule has 0 bridgehead atoms. The van der Waals surface area contributed by atoms with Gasteiger partial charge in [0.05, 0.1) is 19.2 Å². The minimum Gasteiger partial charge on any atom is -0.497 e. The van der Waals surface area contributed by atoms with E-state index in [2.05, 4.69) is 15.7 Å². The van der Waals surface area contributed by atoms with Crippen molar-refractivity contribution in [3.8, 4) is 5.75 Å². The number of nitrogens with zero attached hydrogens (tertiary/aromatic N) is 2. The third-order valence-corrected chi connectivity index (χ3v) is 3.88. The maximum absolute atomic E-state index is 12.1. The molecular weight excluding hydrogens is 332 g/mol. The van der Waals surface area contributed by atoms with E-state index in [1.54, 1.807) is 23.9 Å². The summed E-state index contributed by atoms with van der Waals surface area (Å²) in [6.45, 7) is 0.390. The summed E-state index contributed by atoms with van der Waals surface area (Å²) < 4.78 is 6.78. The number of rotatable bonds is 7. The third-order valence-electron chi connectivity index (χ3n) is 3.88. The number of carbonyl (C=O) groups is 2. The zero-order valence-corrected chi connectivity index (χ0v) is 14.4. The van der Waals surface area contributed by atoms with Gasteiger partial charge in [0.25, 0.3) is 5.91 Å². The van der Waals surface area contributed by atoms with Crippen molar-refractivity contribution >= 4 is 17.3 Å². The van der Waals surface area contributed by atoms with Crippen LogP contribution in [-0.2, 0) is 11.2 Å². The summed E-state index contributed by atoms with van der Waals surface area (Å²) in [7, 11) is 1.62. The maximum atomic E-state index is 12.1. The van der Waals surface area contributed by atoms with Crippen molar-refractivity contribution in [2.45, 2.75) is 6.42 Å². The SMILES string of the molecule is COc1cccc(CCNC(=O)CNC(=O)c2cc3ccccn3n2)c1. The van der Waals surface area contributed by atoms with E-state index in [1.165, 1.54) is 0 Å². The molecule has 1 aromatic carbocycles. The average Bonchev–Trinajstić information content (AvgIpc) is 3.10. The Bertz CT molecular complexity index is 887. The highest BCUT2D eigenvalue weighted by Crippen LogP contribution is 2.12. The van der Waals surface area contributed by atoms with E-state index in [0.29, 0.717) is 13.0 Å². The van der Waals surface area contributed by atoms with Gasteiger partial charge < -0.3 is 15.4 Å². The van der Waals surface area contributed by atoms with E-state index in [0.717, 1.165) is 16.8 Å². The molecule has 2 amide bonds. The van der Waals surface area contributed by atoms with Gasteiger partial charge in [0, 0.05) is 12.7 Å². The topological polar surface area (TPSA) is 84.7 Å². The quantitative estimate of drug-likeness (QED) is 0.674. The van der Waals surface area contributed by atoms with Gasteiger partial charge in [0.1, 0.15) is 5.75 Å². The maximum Gasteiger partial charge on any atom is 0.272 e. The lowest BCUT2D eigenvalue weighted by molar-refractivity contribution is -0.120. The van der Waals surface area contributed by atoms with Crippen LogP contribution in [-0.4, -0.2) is 41.6 Å². The van der Waals surface area contributed by atoms with E-state index in [-0.39, 0.29) is 24.1 Å². The fraction of sp³-hybridized carbons (Fsp3) is 0.211. The van der Waals surface area contributed by atoms with E-state index in [9.17, 15) is 9.59 Å². The Balaban J connectivity index is 1.44. The number of ether oxygens (including phenoxy) is 1. The van der Waals surface area contributed by atoms with Gasteiger partial charge in [-0.1, -0.05) is 18.2 Å². The number of nitrogens with one attached hydrogen (secondary N) is 2. The standard InChI is InChI=1S/C19H20N4O3/c1-26-16-7-4-5-14(11-16)8-9-20-18(24)13-21-19(25)17-12-15-6-2-3-10-23(15)22-17/h2-7,10-12H,8-9,13H2,1H3,(H,20,24)(H,21,25). The minimum absolute atomic E-state index is 0.0924. The highest BCUT2D eigenvalue weighted by Gasteiger charge is 2.11. The second kappa shape index (κ2) is 8.15. The third kappa shape index (κ3) is 4.38. The van der Waals surface area contributed by atoms with Gasteiger partial charge in [-0.05, 0) is 42.3 Å². The first kappa shape index (κ1) is 17.5. The van der Waals surface area contributed by atoms with Crippen molar-refractivity contribution in [3.05, 3.63) is 66.0 Å². The zero-order valence-electron chi connectivity index (χ0n) is 14.4. The first-order valence-electron chi connectivity index (χ1n) is 8.28. The molecule has 7 heteroatoms. The molecule has 0 fully saturated rings. The summed E-state index contributed by atoms with van der Waals surface area (Å²) in [6.07, 6.45) is 2.45. The largest absolute Gasteiger partial charge is 0.497 e. The molecule has 2 aromatic heterocycles. The van der Waals surface area contributed by atoms with Crippen LogP contribution < -0.4 is 15.4 Å². The molecule has 0 aliphatic carbocycles. The summed E-state index contributed by atoms with van der Waals surface area (Å²) in [5, 5.41) is 9.53.